The van der Waals surface area contributed by atoms with Crippen LogP contribution in [0.25, 0.3) is 0 Å². The highest BCUT2D eigenvalue weighted by Gasteiger charge is 2.27. The molecule has 0 aliphatic rings. The van der Waals surface area contributed by atoms with Crippen molar-refractivity contribution in [2.24, 2.45) is 0 Å². The number of imidazole rings is 1. The summed E-state index contributed by atoms with van der Waals surface area (Å²) in [6.07, 6.45) is 1.82. The van der Waals surface area contributed by atoms with Gasteiger partial charge in [0.2, 0.25) is 5.82 Å². The smallest absolute Gasteiger partial charge is 0.301 e. The summed E-state index contributed by atoms with van der Waals surface area (Å²) in [7, 11) is -4.10. The number of carbonyl (C=O) groups excluding carboxylic acids is 1. The lowest BCUT2D eigenvalue weighted by molar-refractivity contribution is 0.0967. The average molecular weight is 457 g/mol. The average Bonchev–Trinajstić information content (AvgIpc) is 3.09. The Morgan fingerprint density at radius 2 is 1.75 bits per heavy atom. The number of nitrogens with zero attached hydrogens (tertiary/aromatic N) is 2. The van der Waals surface area contributed by atoms with Crippen LogP contribution in [-0.2, 0) is 22.0 Å². The van der Waals surface area contributed by atoms with Gasteiger partial charge in [-0.15, -0.1) is 0 Å². The molecular formula is C24H32N4O3S. The Hall–Kier alpha value is -3.13. The van der Waals surface area contributed by atoms with Crippen molar-refractivity contribution in [2.75, 3.05) is 5.73 Å². The number of aryl methyl sites for hydroxylation is 3. The van der Waals surface area contributed by atoms with Crippen LogP contribution >= 0.6 is 0 Å². The molecule has 1 aromatic heterocycles. The highest BCUT2D eigenvalue weighted by atomic mass is 32.2. The van der Waals surface area contributed by atoms with E-state index in [2.05, 4.69) is 21.8 Å². The van der Waals surface area contributed by atoms with Crippen molar-refractivity contribution in [1.29, 1.82) is 0 Å². The number of sulfonamides is 1. The molecule has 0 unspecified atom stereocenters. The van der Waals surface area contributed by atoms with Crippen molar-refractivity contribution in [2.45, 2.75) is 58.4 Å². The number of aromatic nitrogens is 2. The molecule has 0 aliphatic carbocycles. The summed E-state index contributed by atoms with van der Waals surface area (Å²) in [6, 6.07) is 9.98. The Bertz CT molecular complexity index is 1270. The minimum Gasteiger partial charge on any atom is -0.399 e. The monoisotopic (exact) mass is 456 g/mol. The molecule has 0 radical (unpaired) electrons. The predicted molar refractivity (Wildman–Crippen MR) is 128 cm³/mol. The minimum atomic E-state index is -4.10. The highest BCUT2D eigenvalue weighted by Crippen LogP contribution is 2.24. The summed E-state index contributed by atoms with van der Waals surface area (Å²) >= 11 is 0. The van der Waals surface area contributed by atoms with E-state index in [1.165, 1.54) is 18.2 Å². The quantitative estimate of drug-likeness (QED) is 0.562. The molecule has 2 aromatic carbocycles. The first kappa shape index (κ1) is 23.5. The maximum Gasteiger partial charge on any atom is 0.301 e. The molecular weight excluding hydrogens is 424 g/mol. The van der Waals surface area contributed by atoms with Crippen LogP contribution in [0.1, 0.15) is 60.8 Å². The van der Waals surface area contributed by atoms with Crippen LogP contribution in [0.3, 0.4) is 0 Å². The highest BCUT2D eigenvalue weighted by molar-refractivity contribution is 7.90. The topological polar surface area (TPSA) is 107 Å². The summed E-state index contributed by atoms with van der Waals surface area (Å²) in [4.78, 5) is 17.5. The molecule has 0 fully saturated rings. The van der Waals surface area contributed by atoms with Gasteiger partial charge in [0.05, 0.1) is 10.6 Å². The van der Waals surface area contributed by atoms with Gasteiger partial charge in [0, 0.05) is 25.3 Å². The molecule has 172 valence electrons. The molecule has 7 nitrogen and oxygen atoms in total. The fourth-order valence-corrected chi connectivity index (χ4v) is 4.62. The van der Waals surface area contributed by atoms with E-state index in [-0.39, 0.29) is 17.6 Å². The van der Waals surface area contributed by atoms with Gasteiger partial charge in [-0.3, -0.25) is 4.79 Å². The number of hydrogen-bond acceptors (Lipinski definition) is 5. The van der Waals surface area contributed by atoms with Crippen molar-refractivity contribution >= 4 is 21.6 Å². The summed E-state index contributed by atoms with van der Waals surface area (Å²) in [5.74, 6) is -0.743. The lowest BCUT2D eigenvalue weighted by Crippen LogP contribution is -2.33. The second-order valence-corrected chi connectivity index (χ2v) is 10.9. The fourth-order valence-electron chi connectivity index (χ4n) is 3.62. The number of rotatable bonds is 5. The standard InChI is InChI=1S/C24H30N4O3S.H2/c1-15-10-16(2)20(17(3)11-15)13-28-14-21(24(4,5)6)26-22(28)23(29)27-32(30,31)19-9-7-8-18(25)12-19;/h7-12,14H,13,25H2,1-6H3,(H,27,29);1H. The summed E-state index contributed by atoms with van der Waals surface area (Å²) < 4.78 is 29.4. The number of anilines is 1. The Balaban J connectivity index is 0.00000385. The number of nitrogens with one attached hydrogen (secondary N) is 1. The number of hydrogen-bond donors (Lipinski definition) is 2. The van der Waals surface area contributed by atoms with Crippen LogP contribution < -0.4 is 10.5 Å². The summed E-state index contributed by atoms with van der Waals surface area (Å²) in [6.45, 7) is 12.5. The van der Waals surface area contributed by atoms with Crippen molar-refractivity contribution in [3.05, 3.63) is 76.4 Å². The zero-order chi connectivity index (χ0) is 23.8. The molecule has 1 amide bonds. The molecule has 3 aromatic rings. The molecule has 0 atom stereocenters. The Morgan fingerprint density at radius 3 is 2.31 bits per heavy atom. The first-order valence-electron chi connectivity index (χ1n) is 10.3. The first-order chi connectivity index (χ1) is 14.8. The maximum absolute atomic E-state index is 13.1. The number of benzene rings is 2. The van der Waals surface area contributed by atoms with Gasteiger partial charge in [-0.2, -0.15) is 0 Å². The van der Waals surface area contributed by atoms with Gasteiger partial charge in [-0.25, -0.2) is 18.1 Å². The first-order valence-corrected chi connectivity index (χ1v) is 11.8. The largest absolute Gasteiger partial charge is 0.399 e. The van der Waals surface area contributed by atoms with Gasteiger partial charge in [0.25, 0.3) is 10.0 Å². The van der Waals surface area contributed by atoms with E-state index in [4.69, 9.17) is 5.73 Å². The van der Waals surface area contributed by atoms with E-state index < -0.39 is 15.9 Å². The normalized spacial score (nSPS) is 12.1. The molecule has 3 N–H and O–H groups in total. The Kier molecular flexibility index (Phi) is 6.20. The van der Waals surface area contributed by atoms with E-state index >= 15 is 0 Å². The van der Waals surface area contributed by atoms with Crippen LogP contribution in [0.2, 0.25) is 0 Å². The summed E-state index contributed by atoms with van der Waals surface area (Å²) in [5, 5.41) is 0. The van der Waals surface area contributed by atoms with Gasteiger partial charge >= 0.3 is 5.91 Å². The number of nitrogens with two attached hydrogens (primary N) is 1. The molecule has 1 heterocycles. The molecule has 0 aliphatic heterocycles. The number of amides is 1. The van der Waals surface area contributed by atoms with Gasteiger partial charge < -0.3 is 10.3 Å². The van der Waals surface area contributed by atoms with E-state index in [9.17, 15) is 13.2 Å². The molecule has 8 heteroatoms. The van der Waals surface area contributed by atoms with Crippen LogP contribution in [0, 0.1) is 20.8 Å². The Morgan fingerprint density at radius 1 is 1.12 bits per heavy atom. The zero-order valence-electron chi connectivity index (χ0n) is 19.4. The molecule has 0 saturated carbocycles. The third-order valence-corrected chi connectivity index (χ3v) is 6.64. The van der Waals surface area contributed by atoms with Crippen molar-refractivity contribution in [3.63, 3.8) is 0 Å². The van der Waals surface area contributed by atoms with Crippen LogP contribution in [-0.4, -0.2) is 23.9 Å². The van der Waals surface area contributed by atoms with Crippen LogP contribution in [0.4, 0.5) is 5.69 Å². The van der Waals surface area contributed by atoms with Gasteiger partial charge in [0.15, 0.2) is 0 Å². The van der Waals surface area contributed by atoms with Crippen LogP contribution in [0.15, 0.2) is 47.5 Å². The van der Waals surface area contributed by atoms with Crippen molar-refractivity contribution in [1.82, 2.24) is 14.3 Å². The number of nitrogen functional groups attached to an aromatic ring is 1. The van der Waals surface area contributed by atoms with E-state index in [1.807, 2.05) is 47.7 Å². The molecule has 0 bridgehead atoms. The van der Waals surface area contributed by atoms with Gasteiger partial charge in [0.1, 0.15) is 0 Å². The van der Waals surface area contributed by atoms with Crippen molar-refractivity contribution in [3.8, 4) is 0 Å². The SMILES string of the molecule is Cc1cc(C)c(Cn2cc(C(C)(C)C)nc2C(=O)NS(=O)(=O)c2cccc(N)c2)c(C)c1.[HH]. The third kappa shape index (κ3) is 5.02. The van der Waals surface area contributed by atoms with E-state index in [0.717, 1.165) is 22.3 Å². The predicted octanol–water partition coefficient (Wildman–Crippen LogP) is 4.10. The molecule has 32 heavy (non-hydrogen) atoms. The maximum atomic E-state index is 13.1. The Labute approximate surface area is 191 Å². The van der Waals surface area contributed by atoms with Crippen molar-refractivity contribution < 1.29 is 14.6 Å². The van der Waals surface area contributed by atoms with Gasteiger partial charge in [-0.1, -0.05) is 44.5 Å². The van der Waals surface area contributed by atoms with Gasteiger partial charge in [-0.05, 0) is 55.7 Å². The lowest BCUT2D eigenvalue weighted by Gasteiger charge is -2.15. The van der Waals surface area contributed by atoms with E-state index in [1.54, 1.807) is 10.6 Å². The fraction of sp³-hybridized carbons (Fsp3) is 0.333. The lowest BCUT2D eigenvalue weighted by atomic mass is 9.93. The zero-order valence-corrected chi connectivity index (χ0v) is 20.2. The summed E-state index contributed by atoms with van der Waals surface area (Å²) in [5.41, 5.74) is 10.8. The van der Waals surface area contributed by atoms with Crippen LogP contribution in [0.5, 0.6) is 0 Å². The third-order valence-electron chi connectivity index (χ3n) is 5.31. The minimum absolute atomic E-state index is 0. The second-order valence-electron chi connectivity index (χ2n) is 9.21. The molecule has 0 saturated heterocycles. The number of carbonyl (C=O) groups is 1. The second kappa shape index (κ2) is 8.43. The molecule has 3 rings (SSSR count). The molecule has 0 spiro atoms. The van der Waals surface area contributed by atoms with E-state index in [0.29, 0.717) is 17.9 Å².